The van der Waals surface area contributed by atoms with Crippen LogP contribution in [0.25, 0.3) is 5.65 Å². The van der Waals surface area contributed by atoms with E-state index in [1.807, 2.05) is 0 Å². The zero-order valence-corrected chi connectivity index (χ0v) is 9.58. The molecule has 1 aliphatic carbocycles. The standard InChI is InChI=1S/C10H14N6O/c1-17-8-3-2-7(4-8)12-9-5-11-6-10-13-14-15-16(9)10/h5-8,12H,2-4H2,1H3. The van der Waals surface area contributed by atoms with Crippen LogP contribution in [0.3, 0.4) is 0 Å². The number of anilines is 1. The van der Waals surface area contributed by atoms with Crippen LogP contribution in [-0.4, -0.2) is 44.3 Å². The minimum atomic E-state index is 0.355. The third-order valence-corrected chi connectivity index (χ3v) is 3.18. The Kier molecular flexibility index (Phi) is 2.60. The maximum Gasteiger partial charge on any atom is 0.199 e. The lowest BCUT2D eigenvalue weighted by molar-refractivity contribution is 0.108. The normalized spacial score (nSPS) is 24.3. The summed E-state index contributed by atoms with van der Waals surface area (Å²) in [4.78, 5) is 4.11. The molecule has 2 heterocycles. The fraction of sp³-hybridized carbons (Fsp3) is 0.600. The summed E-state index contributed by atoms with van der Waals surface area (Å²) in [5.41, 5.74) is 0.649. The summed E-state index contributed by atoms with van der Waals surface area (Å²) in [7, 11) is 1.76. The molecule has 0 aliphatic heterocycles. The van der Waals surface area contributed by atoms with Crippen LogP contribution in [-0.2, 0) is 4.74 Å². The van der Waals surface area contributed by atoms with Crippen molar-refractivity contribution in [3.05, 3.63) is 12.4 Å². The van der Waals surface area contributed by atoms with Crippen molar-refractivity contribution in [3.63, 3.8) is 0 Å². The SMILES string of the molecule is COC1CCC(Nc2cncc3nnnn23)C1. The molecule has 0 bridgehead atoms. The van der Waals surface area contributed by atoms with E-state index >= 15 is 0 Å². The van der Waals surface area contributed by atoms with Gasteiger partial charge in [0.05, 0.1) is 18.5 Å². The summed E-state index contributed by atoms with van der Waals surface area (Å²) in [5.74, 6) is 0.828. The Morgan fingerprint density at radius 3 is 3.18 bits per heavy atom. The van der Waals surface area contributed by atoms with Crippen LogP contribution >= 0.6 is 0 Å². The predicted molar refractivity (Wildman–Crippen MR) is 60.6 cm³/mol. The smallest absolute Gasteiger partial charge is 0.199 e. The number of tetrazole rings is 1. The van der Waals surface area contributed by atoms with Gasteiger partial charge in [-0.25, -0.2) is 0 Å². The molecule has 0 spiro atoms. The monoisotopic (exact) mass is 234 g/mol. The molecule has 0 aromatic carbocycles. The second-order valence-electron chi connectivity index (χ2n) is 4.25. The Hall–Kier alpha value is -1.76. The predicted octanol–water partition coefficient (Wildman–Crippen LogP) is 0.499. The van der Waals surface area contributed by atoms with Crippen molar-refractivity contribution in [1.29, 1.82) is 0 Å². The van der Waals surface area contributed by atoms with Crippen LogP contribution in [0.5, 0.6) is 0 Å². The van der Waals surface area contributed by atoms with Crippen LogP contribution in [0.4, 0.5) is 5.82 Å². The van der Waals surface area contributed by atoms with Gasteiger partial charge in [-0.3, -0.25) is 4.98 Å². The van der Waals surface area contributed by atoms with E-state index in [0.717, 1.165) is 25.1 Å². The summed E-state index contributed by atoms with van der Waals surface area (Å²) in [6.45, 7) is 0. The third kappa shape index (κ3) is 1.93. The minimum absolute atomic E-state index is 0.355. The van der Waals surface area contributed by atoms with E-state index in [4.69, 9.17) is 4.74 Å². The van der Waals surface area contributed by atoms with E-state index in [1.54, 1.807) is 24.0 Å². The van der Waals surface area contributed by atoms with Crippen molar-refractivity contribution in [1.82, 2.24) is 25.0 Å². The molecule has 7 nitrogen and oxygen atoms in total. The van der Waals surface area contributed by atoms with Crippen molar-refractivity contribution in [2.75, 3.05) is 12.4 Å². The van der Waals surface area contributed by atoms with Crippen molar-refractivity contribution in [2.45, 2.75) is 31.4 Å². The molecule has 0 radical (unpaired) electrons. The average Bonchev–Trinajstić information content (AvgIpc) is 2.97. The Morgan fingerprint density at radius 1 is 1.41 bits per heavy atom. The molecule has 17 heavy (non-hydrogen) atoms. The van der Waals surface area contributed by atoms with E-state index in [1.165, 1.54) is 0 Å². The second kappa shape index (κ2) is 4.25. The summed E-state index contributed by atoms with van der Waals surface area (Å²) in [5, 5.41) is 14.8. The topological polar surface area (TPSA) is 77.2 Å². The van der Waals surface area contributed by atoms with Crippen molar-refractivity contribution in [2.24, 2.45) is 0 Å². The maximum absolute atomic E-state index is 5.35. The van der Waals surface area contributed by atoms with E-state index in [2.05, 4.69) is 25.8 Å². The van der Waals surface area contributed by atoms with Gasteiger partial charge >= 0.3 is 0 Å². The molecule has 90 valence electrons. The van der Waals surface area contributed by atoms with Gasteiger partial charge in [0.2, 0.25) is 0 Å². The van der Waals surface area contributed by atoms with Gasteiger partial charge in [-0.2, -0.15) is 4.52 Å². The number of nitrogens with zero attached hydrogens (tertiary/aromatic N) is 5. The molecule has 2 aromatic rings. The van der Waals surface area contributed by atoms with Gasteiger partial charge in [-0.1, -0.05) is 0 Å². The van der Waals surface area contributed by atoms with Crippen LogP contribution in [0.15, 0.2) is 12.4 Å². The number of nitrogens with one attached hydrogen (secondary N) is 1. The van der Waals surface area contributed by atoms with Crippen molar-refractivity contribution in [3.8, 4) is 0 Å². The highest BCUT2D eigenvalue weighted by Gasteiger charge is 2.24. The molecule has 0 amide bonds. The highest BCUT2D eigenvalue weighted by Crippen LogP contribution is 2.24. The minimum Gasteiger partial charge on any atom is -0.381 e. The summed E-state index contributed by atoms with van der Waals surface area (Å²) in [6.07, 6.45) is 6.93. The van der Waals surface area contributed by atoms with Crippen molar-refractivity contribution >= 4 is 11.5 Å². The zero-order chi connectivity index (χ0) is 11.7. The van der Waals surface area contributed by atoms with E-state index in [0.29, 0.717) is 17.8 Å². The van der Waals surface area contributed by atoms with Gasteiger partial charge in [-0.05, 0) is 29.7 Å². The lowest BCUT2D eigenvalue weighted by atomic mass is 10.2. The number of aromatic nitrogens is 5. The molecule has 7 heteroatoms. The second-order valence-corrected chi connectivity index (χ2v) is 4.25. The van der Waals surface area contributed by atoms with Crippen molar-refractivity contribution < 1.29 is 4.74 Å². The highest BCUT2D eigenvalue weighted by atomic mass is 16.5. The van der Waals surface area contributed by atoms with Crippen LogP contribution < -0.4 is 5.32 Å². The Balaban J connectivity index is 1.79. The van der Waals surface area contributed by atoms with Gasteiger partial charge in [0.25, 0.3) is 0 Å². The molecule has 1 N–H and O–H groups in total. The number of hydrogen-bond donors (Lipinski definition) is 1. The first-order valence-corrected chi connectivity index (χ1v) is 5.68. The largest absolute Gasteiger partial charge is 0.381 e. The fourth-order valence-electron chi connectivity index (χ4n) is 2.27. The van der Waals surface area contributed by atoms with E-state index in [9.17, 15) is 0 Å². The lowest BCUT2D eigenvalue weighted by Crippen LogP contribution is -2.19. The average molecular weight is 234 g/mol. The van der Waals surface area contributed by atoms with Gasteiger partial charge in [-0.15, -0.1) is 5.10 Å². The van der Waals surface area contributed by atoms with Gasteiger partial charge < -0.3 is 10.1 Å². The highest BCUT2D eigenvalue weighted by molar-refractivity contribution is 5.44. The van der Waals surface area contributed by atoms with Gasteiger partial charge in [0.15, 0.2) is 11.5 Å². The van der Waals surface area contributed by atoms with Gasteiger partial charge in [0, 0.05) is 13.2 Å². The fourth-order valence-corrected chi connectivity index (χ4v) is 2.27. The Morgan fingerprint density at radius 2 is 2.35 bits per heavy atom. The Labute approximate surface area is 98.2 Å². The molecular formula is C10H14N6O. The molecule has 2 atom stereocenters. The molecule has 1 fully saturated rings. The lowest BCUT2D eigenvalue weighted by Gasteiger charge is -2.13. The van der Waals surface area contributed by atoms with Crippen LogP contribution in [0.2, 0.25) is 0 Å². The summed E-state index contributed by atoms with van der Waals surface area (Å²) in [6, 6.07) is 0.400. The molecule has 2 aromatic heterocycles. The summed E-state index contributed by atoms with van der Waals surface area (Å²) < 4.78 is 7.01. The quantitative estimate of drug-likeness (QED) is 0.833. The van der Waals surface area contributed by atoms with E-state index < -0.39 is 0 Å². The molecule has 1 saturated carbocycles. The first-order chi connectivity index (χ1) is 8.36. The maximum atomic E-state index is 5.35. The van der Waals surface area contributed by atoms with Crippen LogP contribution in [0.1, 0.15) is 19.3 Å². The first-order valence-electron chi connectivity index (χ1n) is 5.68. The number of hydrogen-bond acceptors (Lipinski definition) is 6. The molecule has 3 rings (SSSR count). The van der Waals surface area contributed by atoms with Crippen LogP contribution in [0, 0.1) is 0 Å². The first kappa shape index (κ1) is 10.4. The molecule has 2 unspecified atom stereocenters. The molecule has 0 saturated heterocycles. The number of fused-ring (bicyclic) bond motifs is 1. The number of rotatable bonds is 3. The third-order valence-electron chi connectivity index (χ3n) is 3.18. The zero-order valence-electron chi connectivity index (χ0n) is 9.58. The summed E-state index contributed by atoms with van der Waals surface area (Å²) >= 11 is 0. The number of ether oxygens (including phenoxy) is 1. The van der Waals surface area contributed by atoms with E-state index in [-0.39, 0.29) is 0 Å². The Bertz CT molecular complexity index is 512. The number of methoxy groups -OCH3 is 1. The molecular weight excluding hydrogens is 220 g/mol. The van der Waals surface area contributed by atoms with Gasteiger partial charge in [0.1, 0.15) is 0 Å². The molecule has 1 aliphatic rings.